The van der Waals surface area contributed by atoms with E-state index in [1.165, 1.54) is 0 Å². The van der Waals surface area contributed by atoms with E-state index in [9.17, 15) is 9.90 Å². The minimum atomic E-state index is -0.176. The van der Waals surface area contributed by atoms with Crippen LogP contribution in [0.5, 0.6) is 5.75 Å². The van der Waals surface area contributed by atoms with E-state index in [1.54, 1.807) is 0 Å². The van der Waals surface area contributed by atoms with Crippen LogP contribution in [0.3, 0.4) is 0 Å². The van der Waals surface area contributed by atoms with E-state index < -0.39 is 0 Å². The number of aliphatic hydroxyl groups is 1. The van der Waals surface area contributed by atoms with Crippen LogP contribution in [0.15, 0.2) is 18.2 Å². The van der Waals surface area contributed by atoms with Gasteiger partial charge in [0.05, 0.1) is 6.04 Å². The largest absolute Gasteiger partial charge is 0.491 e. The molecule has 0 aliphatic carbocycles. The molecule has 3 N–H and O–H groups in total. The summed E-state index contributed by atoms with van der Waals surface area (Å²) >= 11 is 0. The molecule has 0 aromatic heterocycles. The van der Waals surface area contributed by atoms with Crippen molar-refractivity contribution >= 4 is 6.03 Å². The zero-order chi connectivity index (χ0) is 16.2. The molecule has 2 amide bonds. The molecular formula is C17H26N2O3. The highest BCUT2D eigenvalue weighted by atomic mass is 16.5. The molecule has 0 saturated carbocycles. The van der Waals surface area contributed by atoms with Crippen molar-refractivity contribution in [1.82, 2.24) is 10.6 Å². The minimum absolute atomic E-state index is 0.0894. The van der Waals surface area contributed by atoms with Crippen LogP contribution in [0, 0.1) is 12.3 Å². The molecule has 1 unspecified atom stereocenters. The molecule has 22 heavy (non-hydrogen) atoms. The van der Waals surface area contributed by atoms with E-state index in [2.05, 4.69) is 16.7 Å². The average Bonchev–Trinajstić information content (AvgIpc) is 2.86. The Kier molecular flexibility index (Phi) is 5.29. The first-order valence-electron chi connectivity index (χ1n) is 7.80. The monoisotopic (exact) mass is 306 g/mol. The number of hydrogen-bond donors (Lipinski definition) is 3. The van der Waals surface area contributed by atoms with Crippen molar-refractivity contribution in [3.63, 3.8) is 0 Å². The van der Waals surface area contributed by atoms with E-state index in [0.717, 1.165) is 29.7 Å². The Hall–Kier alpha value is -1.75. The molecule has 0 saturated heterocycles. The topological polar surface area (TPSA) is 70.6 Å². The second-order valence-electron chi connectivity index (χ2n) is 6.73. The number of fused-ring (bicyclic) bond motifs is 1. The number of amides is 2. The Morgan fingerprint density at radius 2 is 2.23 bits per heavy atom. The number of carbonyl (C=O) groups excluding carboxylic acids is 1. The predicted octanol–water partition coefficient (Wildman–Crippen LogP) is 2.53. The first-order chi connectivity index (χ1) is 10.4. The first-order valence-corrected chi connectivity index (χ1v) is 7.80. The summed E-state index contributed by atoms with van der Waals surface area (Å²) in [6.45, 7) is 7.30. The summed E-state index contributed by atoms with van der Waals surface area (Å²) in [6.07, 6.45) is 1.72. The van der Waals surface area contributed by atoms with Crippen molar-refractivity contribution in [1.29, 1.82) is 0 Å². The van der Waals surface area contributed by atoms with Gasteiger partial charge in [-0.3, -0.25) is 0 Å². The van der Waals surface area contributed by atoms with Gasteiger partial charge in [0.25, 0.3) is 0 Å². The Bertz CT molecular complexity index is 529. The van der Waals surface area contributed by atoms with E-state index in [1.807, 2.05) is 32.9 Å². The van der Waals surface area contributed by atoms with Gasteiger partial charge < -0.3 is 20.5 Å². The molecule has 0 radical (unpaired) electrons. The summed E-state index contributed by atoms with van der Waals surface area (Å²) in [4.78, 5) is 12.0. The molecule has 5 heteroatoms. The zero-order valence-electron chi connectivity index (χ0n) is 13.6. The summed E-state index contributed by atoms with van der Waals surface area (Å²) in [5.41, 5.74) is 2.10. The Morgan fingerprint density at radius 3 is 2.95 bits per heavy atom. The smallest absolute Gasteiger partial charge is 0.315 e. The highest BCUT2D eigenvalue weighted by Crippen LogP contribution is 2.32. The Labute approximate surface area is 132 Å². The van der Waals surface area contributed by atoms with Crippen LogP contribution < -0.4 is 15.4 Å². The van der Waals surface area contributed by atoms with Gasteiger partial charge in [0.15, 0.2) is 0 Å². The molecular weight excluding hydrogens is 280 g/mol. The fourth-order valence-electron chi connectivity index (χ4n) is 2.51. The first kappa shape index (κ1) is 16.6. The SMILES string of the molecule is Cc1ccc2c(c1)C(NC(=O)NCCCC(C)(C)CO)CO2. The molecule has 2 rings (SSSR count). The van der Waals surface area contributed by atoms with Crippen LogP contribution in [0.25, 0.3) is 0 Å². The van der Waals surface area contributed by atoms with Crippen molar-refractivity contribution in [3.8, 4) is 5.75 Å². The van der Waals surface area contributed by atoms with E-state index in [4.69, 9.17) is 4.74 Å². The highest BCUT2D eigenvalue weighted by Gasteiger charge is 2.25. The van der Waals surface area contributed by atoms with Crippen molar-refractivity contribution < 1.29 is 14.6 Å². The predicted molar refractivity (Wildman–Crippen MR) is 86.1 cm³/mol. The van der Waals surface area contributed by atoms with E-state index >= 15 is 0 Å². The molecule has 0 bridgehead atoms. The molecule has 0 fully saturated rings. The normalized spacial score (nSPS) is 16.8. The minimum Gasteiger partial charge on any atom is -0.491 e. The quantitative estimate of drug-likeness (QED) is 0.707. The lowest BCUT2D eigenvalue weighted by molar-refractivity contribution is 0.148. The number of benzene rings is 1. The second-order valence-corrected chi connectivity index (χ2v) is 6.73. The van der Waals surface area contributed by atoms with Gasteiger partial charge in [0, 0.05) is 18.7 Å². The fraction of sp³-hybridized carbons (Fsp3) is 0.588. The Morgan fingerprint density at radius 1 is 1.45 bits per heavy atom. The van der Waals surface area contributed by atoms with E-state index in [0.29, 0.717) is 13.2 Å². The van der Waals surface area contributed by atoms with Gasteiger partial charge in [-0.2, -0.15) is 0 Å². The van der Waals surface area contributed by atoms with Crippen molar-refractivity contribution in [2.24, 2.45) is 5.41 Å². The maximum absolute atomic E-state index is 12.0. The van der Waals surface area contributed by atoms with Crippen LogP contribution in [0.2, 0.25) is 0 Å². The van der Waals surface area contributed by atoms with Crippen LogP contribution in [-0.2, 0) is 0 Å². The number of aryl methyl sites for hydroxylation is 1. The summed E-state index contributed by atoms with van der Waals surface area (Å²) in [7, 11) is 0. The van der Waals surface area contributed by atoms with Crippen LogP contribution >= 0.6 is 0 Å². The molecule has 1 aromatic carbocycles. The van der Waals surface area contributed by atoms with Gasteiger partial charge in [-0.05, 0) is 31.2 Å². The summed E-state index contributed by atoms with van der Waals surface area (Å²) in [5, 5.41) is 15.0. The molecule has 0 spiro atoms. The van der Waals surface area contributed by atoms with Gasteiger partial charge in [-0.15, -0.1) is 0 Å². The highest BCUT2D eigenvalue weighted by molar-refractivity contribution is 5.74. The van der Waals surface area contributed by atoms with Gasteiger partial charge in [-0.25, -0.2) is 4.79 Å². The van der Waals surface area contributed by atoms with Gasteiger partial charge >= 0.3 is 6.03 Å². The van der Waals surface area contributed by atoms with Gasteiger partial charge in [0.1, 0.15) is 12.4 Å². The van der Waals surface area contributed by atoms with Crippen LogP contribution in [0.1, 0.15) is 43.9 Å². The molecule has 1 aliphatic rings. The summed E-state index contributed by atoms with van der Waals surface area (Å²) in [6, 6.07) is 5.73. The molecule has 1 aromatic rings. The third-order valence-electron chi connectivity index (χ3n) is 4.00. The number of nitrogens with one attached hydrogen (secondary N) is 2. The van der Waals surface area contributed by atoms with Crippen molar-refractivity contribution in [2.45, 2.75) is 39.7 Å². The summed E-state index contributed by atoms with van der Waals surface area (Å²) in [5.74, 6) is 0.848. The lowest BCUT2D eigenvalue weighted by Crippen LogP contribution is -2.39. The summed E-state index contributed by atoms with van der Waals surface area (Å²) < 4.78 is 5.58. The van der Waals surface area contributed by atoms with Crippen LogP contribution in [0.4, 0.5) is 4.79 Å². The van der Waals surface area contributed by atoms with E-state index in [-0.39, 0.29) is 24.1 Å². The number of hydrogen-bond acceptors (Lipinski definition) is 3. The van der Waals surface area contributed by atoms with Crippen molar-refractivity contribution in [3.05, 3.63) is 29.3 Å². The molecule has 1 heterocycles. The standard InChI is InChI=1S/C17H26N2O3/c1-12-5-6-15-13(9-12)14(10-22-15)19-16(21)18-8-4-7-17(2,3)11-20/h5-6,9,14,20H,4,7-8,10-11H2,1-3H3,(H2,18,19,21). The molecule has 1 atom stereocenters. The third kappa shape index (κ3) is 4.37. The number of urea groups is 1. The maximum Gasteiger partial charge on any atom is 0.315 e. The lowest BCUT2D eigenvalue weighted by atomic mass is 9.89. The van der Waals surface area contributed by atoms with Crippen molar-refractivity contribution in [2.75, 3.05) is 19.8 Å². The van der Waals surface area contributed by atoms with Gasteiger partial charge in [-0.1, -0.05) is 31.5 Å². The zero-order valence-corrected chi connectivity index (χ0v) is 13.6. The molecule has 122 valence electrons. The molecule has 1 aliphatic heterocycles. The lowest BCUT2D eigenvalue weighted by Gasteiger charge is -2.21. The number of ether oxygens (including phenoxy) is 1. The second kappa shape index (κ2) is 7.01. The average molecular weight is 306 g/mol. The van der Waals surface area contributed by atoms with Crippen LogP contribution in [-0.4, -0.2) is 30.9 Å². The fourth-order valence-corrected chi connectivity index (χ4v) is 2.51. The number of rotatable bonds is 6. The van der Waals surface area contributed by atoms with Gasteiger partial charge in [0.2, 0.25) is 0 Å². The number of carbonyl (C=O) groups is 1. The molecule has 5 nitrogen and oxygen atoms in total. The maximum atomic E-state index is 12.0. The number of aliphatic hydroxyl groups excluding tert-OH is 1. The third-order valence-corrected chi connectivity index (χ3v) is 4.00. The Balaban J connectivity index is 1.76.